The molecule has 0 spiro atoms. The third-order valence-corrected chi connectivity index (χ3v) is 4.60. The molecule has 1 heterocycles. The van der Waals surface area contributed by atoms with Crippen LogP contribution in [0.5, 0.6) is 0 Å². The number of fused-ring (bicyclic) bond motifs is 1. The highest BCUT2D eigenvalue weighted by Gasteiger charge is 2.27. The Balaban J connectivity index is 2.00. The number of carboxylic acid groups (broad SMARTS) is 1. The van der Waals surface area contributed by atoms with Gasteiger partial charge in [0.15, 0.2) is 0 Å². The number of hydrogen-bond acceptors (Lipinski definition) is 3. The summed E-state index contributed by atoms with van der Waals surface area (Å²) in [4.78, 5) is 29.5. The van der Waals surface area contributed by atoms with Crippen LogP contribution in [0.4, 0.5) is 5.69 Å². The molecule has 0 radical (unpaired) electrons. The van der Waals surface area contributed by atoms with Crippen molar-refractivity contribution in [2.24, 2.45) is 4.99 Å². The molecule has 142 valence electrons. The molecule has 0 saturated carbocycles. The largest absolute Gasteiger partial charge is 0.481 e. The summed E-state index contributed by atoms with van der Waals surface area (Å²) >= 11 is 0. The number of aliphatic imine (C=N–C) groups is 1. The minimum Gasteiger partial charge on any atom is -0.481 e. The number of nitrogens with zero attached hydrogens (tertiary/aromatic N) is 2. The van der Waals surface area contributed by atoms with E-state index in [0.717, 1.165) is 28.1 Å². The van der Waals surface area contributed by atoms with Crippen molar-refractivity contribution in [3.05, 3.63) is 65.2 Å². The molecule has 0 fully saturated rings. The summed E-state index contributed by atoms with van der Waals surface area (Å²) in [5.74, 6) is 5.26. The number of likely N-dealkylation sites (N-methyl/N-ethyl adjacent to an activating group) is 1. The fourth-order valence-electron chi connectivity index (χ4n) is 3.13. The number of unbranched alkanes of at least 4 members (excludes halogenated alkanes) is 1. The molecule has 1 atom stereocenters. The van der Waals surface area contributed by atoms with Gasteiger partial charge >= 0.3 is 5.97 Å². The Hall–Kier alpha value is -3.39. The molecule has 1 amide bonds. The van der Waals surface area contributed by atoms with Crippen LogP contribution < -0.4 is 4.90 Å². The van der Waals surface area contributed by atoms with E-state index in [2.05, 4.69) is 11.8 Å². The second kappa shape index (κ2) is 8.53. The maximum atomic E-state index is 12.6. The lowest BCUT2D eigenvalue weighted by molar-refractivity contribution is -0.137. The van der Waals surface area contributed by atoms with Crippen LogP contribution in [-0.4, -0.2) is 35.8 Å². The van der Waals surface area contributed by atoms with Gasteiger partial charge in [0.1, 0.15) is 6.04 Å². The van der Waals surface area contributed by atoms with Gasteiger partial charge in [0, 0.05) is 36.6 Å². The van der Waals surface area contributed by atoms with Crippen LogP contribution >= 0.6 is 0 Å². The highest BCUT2D eigenvalue weighted by atomic mass is 16.4. The Kier molecular flexibility index (Phi) is 5.90. The Morgan fingerprint density at radius 1 is 1.21 bits per heavy atom. The molecule has 0 aliphatic carbocycles. The summed E-state index contributed by atoms with van der Waals surface area (Å²) in [5.41, 5.74) is 4.20. The third kappa shape index (κ3) is 4.29. The second-order valence-corrected chi connectivity index (χ2v) is 6.70. The van der Waals surface area contributed by atoms with Gasteiger partial charge in [-0.15, -0.1) is 0 Å². The molecule has 5 heteroatoms. The fourth-order valence-corrected chi connectivity index (χ4v) is 3.13. The van der Waals surface area contributed by atoms with Crippen molar-refractivity contribution in [1.29, 1.82) is 0 Å². The minimum absolute atomic E-state index is 0.0558. The van der Waals surface area contributed by atoms with Gasteiger partial charge in [-0.25, -0.2) is 0 Å². The summed E-state index contributed by atoms with van der Waals surface area (Å²) in [6, 6.07) is 15.1. The summed E-state index contributed by atoms with van der Waals surface area (Å²) in [5, 5.41) is 8.70. The number of aliphatic carboxylic acids is 1. The standard InChI is InChI=1S/C23H22N2O3/c1-16-23(28)25(2)20-14-13-17(9-5-3-8-12-21(26)27)15-19(20)22(24-16)18-10-6-4-7-11-18/h4,6-7,10-11,13-16H,3,8,12H2,1-2H3,(H,26,27)/t16-/m0/s1. The highest BCUT2D eigenvalue weighted by molar-refractivity contribution is 6.20. The van der Waals surface area contributed by atoms with E-state index < -0.39 is 12.0 Å². The van der Waals surface area contributed by atoms with E-state index in [-0.39, 0.29) is 12.3 Å². The molecule has 1 aliphatic rings. The SMILES string of the molecule is C[C@@H]1N=C(c2ccccc2)c2cc(C#CCCCC(=O)O)ccc2N(C)C1=O. The molecule has 0 unspecified atom stereocenters. The van der Waals surface area contributed by atoms with E-state index in [9.17, 15) is 9.59 Å². The summed E-state index contributed by atoms with van der Waals surface area (Å²) in [6.45, 7) is 1.80. The Labute approximate surface area is 164 Å². The van der Waals surface area contributed by atoms with Crippen molar-refractivity contribution >= 4 is 23.3 Å². The molecule has 0 bridgehead atoms. The van der Waals surface area contributed by atoms with Crippen LogP contribution in [0.3, 0.4) is 0 Å². The number of carbonyl (C=O) groups excluding carboxylic acids is 1. The smallest absolute Gasteiger partial charge is 0.303 e. The number of benzene rings is 2. The zero-order chi connectivity index (χ0) is 20.1. The van der Waals surface area contributed by atoms with Crippen molar-refractivity contribution in [1.82, 2.24) is 0 Å². The van der Waals surface area contributed by atoms with Gasteiger partial charge in [0.25, 0.3) is 5.91 Å². The lowest BCUT2D eigenvalue weighted by Crippen LogP contribution is -2.32. The van der Waals surface area contributed by atoms with Gasteiger partial charge in [0.2, 0.25) is 0 Å². The number of hydrogen-bond donors (Lipinski definition) is 1. The van der Waals surface area contributed by atoms with E-state index in [1.807, 2.05) is 48.5 Å². The topological polar surface area (TPSA) is 70.0 Å². The summed E-state index contributed by atoms with van der Waals surface area (Å²) in [7, 11) is 1.76. The van der Waals surface area contributed by atoms with Crippen LogP contribution in [-0.2, 0) is 9.59 Å². The van der Waals surface area contributed by atoms with Crippen molar-refractivity contribution < 1.29 is 14.7 Å². The average molecular weight is 374 g/mol. The number of rotatable bonds is 4. The van der Waals surface area contributed by atoms with Gasteiger partial charge in [-0.3, -0.25) is 14.6 Å². The molecule has 0 aromatic heterocycles. The van der Waals surface area contributed by atoms with Gasteiger partial charge in [-0.1, -0.05) is 42.2 Å². The van der Waals surface area contributed by atoms with Crippen LogP contribution in [0.25, 0.3) is 0 Å². The first kappa shape index (κ1) is 19.4. The predicted molar refractivity (Wildman–Crippen MR) is 110 cm³/mol. The molecule has 28 heavy (non-hydrogen) atoms. The van der Waals surface area contributed by atoms with Gasteiger partial charge in [-0.2, -0.15) is 0 Å². The van der Waals surface area contributed by atoms with Gasteiger partial charge in [-0.05, 0) is 31.5 Å². The summed E-state index contributed by atoms with van der Waals surface area (Å²) < 4.78 is 0. The van der Waals surface area contributed by atoms with Crippen LogP contribution in [0.1, 0.15) is 42.9 Å². The fraction of sp³-hybridized carbons (Fsp3) is 0.261. The molecule has 2 aromatic rings. The highest BCUT2D eigenvalue weighted by Crippen LogP contribution is 2.28. The van der Waals surface area contributed by atoms with Gasteiger partial charge in [0.05, 0.1) is 11.4 Å². The Morgan fingerprint density at radius 3 is 2.68 bits per heavy atom. The maximum absolute atomic E-state index is 12.6. The maximum Gasteiger partial charge on any atom is 0.303 e. The van der Waals surface area contributed by atoms with E-state index in [1.165, 1.54) is 0 Å². The van der Waals surface area contributed by atoms with Crippen LogP contribution in [0.2, 0.25) is 0 Å². The van der Waals surface area contributed by atoms with Crippen molar-refractivity contribution in [2.45, 2.75) is 32.2 Å². The minimum atomic E-state index is -0.808. The van der Waals surface area contributed by atoms with E-state index >= 15 is 0 Å². The number of carbonyl (C=O) groups is 2. The number of anilines is 1. The lowest BCUT2D eigenvalue weighted by atomic mass is 9.98. The second-order valence-electron chi connectivity index (χ2n) is 6.70. The first-order valence-corrected chi connectivity index (χ1v) is 9.23. The Morgan fingerprint density at radius 2 is 1.96 bits per heavy atom. The zero-order valence-electron chi connectivity index (χ0n) is 16.0. The molecule has 1 aliphatic heterocycles. The first-order chi connectivity index (χ1) is 13.5. The van der Waals surface area contributed by atoms with E-state index in [4.69, 9.17) is 10.1 Å². The molecule has 1 N–H and O–H groups in total. The third-order valence-electron chi connectivity index (χ3n) is 4.60. The number of carboxylic acids is 1. The van der Waals surface area contributed by atoms with Gasteiger partial charge < -0.3 is 10.0 Å². The molecular weight excluding hydrogens is 352 g/mol. The average Bonchev–Trinajstić information content (AvgIpc) is 2.79. The lowest BCUT2D eigenvalue weighted by Gasteiger charge is -2.19. The van der Waals surface area contributed by atoms with Crippen molar-refractivity contribution in [2.75, 3.05) is 11.9 Å². The normalized spacial score (nSPS) is 15.8. The predicted octanol–water partition coefficient (Wildman–Crippen LogP) is 3.50. The molecule has 2 aromatic carbocycles. The van der Waals surface area contributed by atoms with Crippen LogP contribution in [0, 0.1) is 11.8 Å². The monoisotopic (exact) mass is 374 g/mol. The van der Waals surface area contributed by atoms with E-state index in [1.54, 1.807) is 18.9 Å². The quantitative estimate of drug-likeness (QED) is 0.658. The molecule has 0 saturated heterocycles. The molecule has 5 nitrogen and oxygen atoms in total. The van der Waals surface area contributed by atoms with Crippen molar-refractivity contribution in [3.8, 4) is 11.8 Å². The number of benzodiazepines with no additional fused rings is 1. The van der Waals surface area contributed by atoms with Crippen molar-refractivity contribution in [3.63, 3.8) is 0 Å². The first-order valence-electron chi connectivity index (χ1n) is 9.23. The Bertz CT molecular complexity index is 984. The number of amides is 1. The molecule has 3 rings (SSSR count). The van der Waals surface area contributed by atoms with Crippen LogP contribution in [0.15, 0.2) is 53.5 Å². The molecular formula is C23H22N2O3. The van der Waals surface area contributed by atoms with E-state index in [0.29, 0.717) is 12.8 Å². The zero-order valence-corrected chi connectivity index (χ0v) is 16.0. The summed E-state index contributed by atoms with van der Waals surface area (Å²) in [6.07, 6.45) is 1.17.